The molecule has 0 aromatic heterocycles. The molecule has 1 saturated carbocycles. The van der Waals surface area contributed by atoms with Crippen molar-refractivity contribution < 1.29 is 4.79 Å². The predicted octanol–water partition coefficient (Wildman–Crippen LogP) is 5.32. The number of rotatable bonds is 6. The Hall–Kier alpha value is -2.03. The SMILES string of the molecule is CCN/C=C(\C=C(/C)CC)c1ccc2c(c1)C[C@@H](C)[C@H](C1CC1)N2C(C)=O. The summed E-state index contributed by atoms with van der Waals surface area (Å²) >= 11 is 0. The summed E-state index contributed by atoms with van der Waals surface area (Å²) in [6.07, 6.45) is 9.02. The van der Waals surface area contributed by atoms with Gasteiger partial charge in [-0.1, -0.05) is 31.6 Å². The lowest BCUT2D eigenvalue weighted by atomic mass is 9.83. The maximum atomic E-state index is 12.5. The Morgan fingerprint density at radius 3 is 2.59 bits per heavy atom. The van der Waals surface area contributed by atoms with E-state index >= 15 is 0 Å². The molecule has 3 nitrogen and oxygen atoms in total. The largest absolute Gasteiger partial charge is 0.391 e. The molecule has 0 radical (unpaired) electrons. The predicted molar refractivity (Wildman–Crippen MR) is 115 cm³/mol. The molecule has 1 aliphatic heterocycles. The molecule has 0 bridgehead atoms. The number of anilines is 1. The number of nitrogens with one attached hydrogen (secondary N) is 1. The van der Waals surface area contributed by atoms with Gasteiger partial charge in [-0.3, -0.25) is 4.79 Å². The summed E-state index contributed by atoms with van der Waals surface area (Å²) in [4.78, 5) is 14.6. The van der Waals surface area contributed by atoms with Crippen LogP contribution in [0.25, 0.3) is 5.57 Å². The van der Waals surface area contributed by atoms with Crippen LogP contribution in [-0.2, 0) is 11.2 Å². The second kappa shape index (κ2) is 8.33. The third-order valence-corrected chi connectivity index (χ3v) is 5.96. The summed E-state index contributed by atoms with van der Waals surface area (Å²) in [5.74, 6) is 1.38. The smallest absolute Gasteiger partial charge is 0.224 e. The molecule has 0 saturated heterocycles. The first kappa shape index (κ1) is 19.7. The van der Waals surface area contributed by atoms with Crippen LogP contribution in [0.3, 0.4) is 0 Å². The van der Waals surface area contributed by atoms with Gasteiger partial charge in [0.05, 0.1) is 0 Å². The first-order valence-electron chi connectivity index (χ1n) is 10.5. The average molecular weight is 367 g/mol. The van der Waals surface area contributed by atoms with E-state index in [1.165, 1.54) is 35.1 Å². The zero-order valence-electron chi connectivity index (χ0n) is 17.5. The number of hydrogen-bond donors (Lipinski definition) is 1. The summed E-state index contributed by atoms with van der Waals surface area (Å²) in [7, 11) is 0. The van der Waals surface area contributed by atoms with Crippen LogP contribution >= 0.6 is 0 Å². The minimum absolute atomic E-state index is 0.178. The molecule has 3 heteroatoms. The molecule has 1 N–H and O–H groups in total. The Morgan fingerprint density at radius 2 is 2.00 bits per heavy atom. The van der Waals surface area contributed by atoms with Crippen LogP contribution in [0.2, 0.25) is 0 Å². The maximum absolute atomic E-state index is 12.5. The normalized spacial score (nSPS) is 23.2. The van der Waals surface area contributed by atoms with E-state index in [-0.39, 0.29) is 5.91 Å². The van der Waals surface area contributed by atoms with Gasteiger partial charge in [0, 0.05) is 31.4 Å². The first-order valence-corrected chi connectivity index (χ1v) is 10.5. The molecule has 1 aromatic rings. The van der Waals surface area contributed by atoms with Crippen LogP contribution in [-0.4, -0.2) is 18.5 Å². The third kappa shape index (κ3) is 4.28. The summed E-state index contributed by atoms with van der Waals surface area (Å²) < 4.78 is 0. The number of amides is 1. The Bertz CT molecular complexity index is 758. The Morgan fingerprint density at radius 1 is 1.26 bits per heavy atom. The van der Waals surface area contributed by atoms with Gasteiger partial charge in [0.1, 0.15) is 0 Å². The van der Waals surface area contributed by atoms with E-state index in [9.17, 15) is 4.79 Å². The molecule has 2 atom stereocenters. The number of nitrogens with zero attached hydrogens (tertiary/aromatic N) is 1. The van der Waals surface area contributed by atoms with Gasteiger partial charge >= 0.3 is 0 Å². The van der Waals surface area contributed by atoms with E-state index < -0.39 is 0 Å². The molecule has 2 aliphatic rings. The number of carbonyl (C=O) groups is 1. The summed E-state index contributed by atoms with van der Waals surface area (Å²) in [6, 6.07) is 7.02. The van der Waals surface area contributed by atoms with Crippen molar-refractivity contribution in [2.45, 2.75) is 66.3 Å². The van der Waals surface area contributed by atoms with Gasteiger partial charge in [-0.05, 0) is 80.2 Å². The molecule has 1 aliphatic carbocycles. The van der Waals surface area contributed by atoms with Crippen molar-refractivity contribution in [1.82, 2.24) is 5.32 Å². The number of hydrogen-bond acceptors (Lipinski definition) is 2. The van der Waals surface area contributed by atoms with Crippen LogP contribution in [0.5, 0.6) is 0 Å². The van der Waals surface area contributed by atoms with Crippen molar-refractivity contribution in [2.24, 2.45) is 11.8 Å². The van der Waals surface area contributed by atoms with Crippen LogP contribution < -0.4 is 10.2 Å². The fraction of sp³-hybridized carbons (Fsp3) is 0.542. The van der Waals surface area contributed by atoms with Gasteiger partial charge in [-0.15, -0.1) is 0 Å². The van der Waals surface area contributed by atoms with E-state index in [0.29, 0.717) is 17.9 Å². The third-order valence-electron chi connectivity index (χ3n) is 5.96. The average Bonchev–Trinajstić information content (AvgIpc) is 3.47. The first-order chi connectivity index (χ1) is 13.0. The lowest BCUT2D eigenvalue weighted by Gasteiger charge is -2.41. The molecule has 0 unspecified atom stereocenters. The second-order valence-electron chi connectivity index (χ2n) is 8.24. The van der Waals surface area contributed by atoms with Gasteiger partial charge in [-0.25, -0.2) is 0 Å². The molecular weight excluding hydrogens is 332 g/mol. The van der Waals surface area contributed by atoms with Gasteiger partial charge in [0.15, 0.2) is 0 Å². The second-order valence-corrected chi connectivity index (χ2v) is 8.24. The Kier molecular flexibility index (Phi) is 6.08. The summed E-state index contributed by atoms with van der Waals surface area (Å²) in [5, 5.41) is 3.35. The Balaban J connectivity index is 2.00. The van der Waals surface area contributed by atoms with Crippen molar-refractivity contribution >= 4 is 17.2 Å². The van der Waals surface area contributed by atoms with Crippen LogP contribution in [0, 0.1) is 11.8 Å². The van der Waals surface area contributed by atoms with Crippen molar-refractivity contribution in [1.29, 1.82) is 0 Å². The number of benzene rings is 1. The highest BCUT2D eigenvalue weighted by molar-refractivity contribution is 5.94. The van der Waals surface area contributed by atoms with E-state index in [0.717, 1.165) is 25.1 Å². The van der Waals surface area contributed by atoms with Gasteiger partial charge in [0.2, 0.25) is 5.91 Å². The number of carbonyl (C=O) groups excluding carboxylic acids is 1. The maximum Gasteiger partial charge on any atom is 0.224 e. The monoisotopic (exact) mass is 366 g/mol. The van der Waals surface area contributed by atoms with Crippen LogP contribution in [0.4, 0.5) is 5.69 Å². The zero-order chi connectivity index (χ0) is 19.6. The summed E-state index contributed by atoms with van der Waals surface area (Å²) in [5.41, 5.74) is 6.23. The molecular formula is C24H34N2O. The van der Waals surface area contributed by atoms with Gasteiger partial charge in [-0.2, -0.15) is 0 Å². The van der Waals surface area contributed by atoms with Gasteiger partial charge < -0.3 is 10.2 Å². The zero-order valence-corrected chi connectivity index (χ0v) is 17.5. The van der Waals surface area contributed by atoms with Crippen molar-refractivity contribution in [3.63, 3.8) is 0 Å². The highest BCUT2D eigenvalue weighted by atomic mass is 16.2. The highest BCUT2D eigenvalue weighted by Crippen LogP contribution is 2.45. The summed E-state index contributed by atoms with van der Waals surface area (Å²) in [6.45, 7) is 11.4. The van der Waals surface area contributed by atoms with E-state index in [1.807, 2.05) is 0 Å². The number of fused-ring (bicyclic) bond motifs is 1. The van der Waals surface area contributed by atoms with Crippen molar-refractivity contribution in [3.8, 4) is 0 Å². The fourth-order valence-electron chi connectivity index (χ4n) is 4.33. The van der Waals surface area contributed by atoms with E-state index in [2.05, 4.69) is 68.4 Å². The van der Waals surface area contributed by atoms with Crippen LogP contribution in [0.15, 0.2) is 36.0 Å². The van der Waals surface area contributed by atoms with Crippen molar-refractivity contribution in [2.75, 3.05) is 11.4 Å². The van der Waals surface area contributed by atoms with Crippen LogP contribution in [0.1, 0.15) is 65.0 Å². The quantitative estimate of drug-likeness (QED) is 0.691. The number of allylic oxidation sites excluding steroid dienone is 3. The lowest BCUT2D eigenvalue weighted by molar-refractivity contribution is -0.117. The van der Waals surface area contributed by atoms with Gasteiger partial charge in [0.25, 0.3) is 0 Å². The highest BCUT2D eigenvalue weighted by Gasteiger charge is 2.43. The lowest BCUT2D eigenvalue weighted by Crippen LogP contribution is -2.48. The molecule has 3 rings (SSSR count). The molecule has 1 heterocycles. The molecule has 0 spiro atoms. The van der Waals surface area contributed by atoms with E-state index in [4.69, 9.17) is 0 Å². The standard InChI is InChI=1S/C24H34N2O/c1-6-16(3)12-22(15-25-7-2)20-10-11-23-21(14-20)13-17(4)24(19-8-9-19)26(23)18(5)27/h10-12,14-15,17,19,24-25H,6-9,13H2,1-5H3/b16-12+,22-15+/t17-,24-/m1/s1. The molecule has 1 aromatic carbocycles. The topological polar surface area (TPSA) is 32.3 Å². The molecule has 146 valence electrons. The minimum atomic E-state index is 0.178. The fourth-order valence-corrected chi connectivity index (χ4v) is 4.33. The molecule has 27 heavy (non-hydrogen) atoms. The van der Waals surface area contributed by atoms with Crippen molar-refractivity contribution in [3.05, 3.63) is 47.2 Å². The Labute approximate surface area is 164 Å². The molecule has 1 amide bonds. The molecule has 1 fully saturated rings. The van der Waals surface area contributed by atoms with E-state index in [1.54, 1.807) is 6.92 Å². The minimum Gasteiger partial charge on any atom is -0.391 e.